The lowest BCUT2D eigenvalue weighted by atomic mass is 10.0. The van der Waals surface area contributed by atoms with E-state index in [1.807, 2.05) is 6.92 Å². The first-order valence-corrected chi connectivity index (χ1v) is 6.66. The predicted molar refractivity (Wildman–Crippen MR) is 76.1 cm³/mol. The van der Waals surface area contributed by atoms with E-state index in [0.29, 0.717) is 16.9 Å². The third-order valence-electron chi connectivity index (χ3n) is 4.60. The van der Waals surface area contributed by atoms with Crippen LogP contribution in [0.5, 0.6) is 0 Å². The molecule has 2 rings (SSSR count). The highest BCUT2D eigenvalue weighted by molar-refractivity contribution is 9.10. The summed E-state index contributed by atoms with van der Waals surface area (Å²) in [7, 11) is 0. The van der Waals surface area contributed by atoms with Gasteiger partial charge in [-0.15, -0.1) is 0 Å². The minimum atomic E-state index is 0.295. The van der Waals surface area contributed by atoms with Crippen molar-refractivity contribution >= 4 is 27.4 Å². The fourth-order valence-electron chi connectivity index (χ4n) is 2.39. The first-order chi connectivity index (χ1) is 7.69. The molecule has 0 atom stereocenters. The summed E-state index contributed by atoms with van der Waals surface area (Å²) >= 11 is 3.56. The normalized spacial score (nSPS) is 21.3. The second-order valence-corrected chi connectivity index (χ2v) is 6.81. The highest BCUT2D eigenvalue weighted by Gasteiger charge is 2.65. The molecule has 3 N–H and O–H groups in total. The van der Waals surface area contributed by atoms with Gasteiger partial charge in [0, 0.05) is 6.04 Å². The number of pyridine rings is 1. The molecule has 0 amide bonds. The first-order valence-electron chi connectivity index (χ1n) is 5.86. The number of anilines is 2. The van der Waals surface area contributed by atoms with Gasteiger partial charge >= 0.3 is 0 Å². The van der Waals surface area contributed by atoms with Crippen LogP contribution < -0.4 is 11.1 Å². The molecular weight excluding hydrogens is 278 g/mol. The Bertz CT molecular complexity index is 452. The molecule has 17 heavy (non-hydrogen) atoms. The molecule has 94 valence electrons. The molecule has 1 aliphatic rings. The number of halogens is 1. The van der Waals surface area contributed by atoms with Crippen molar-refractivity contribution in [2.45, 2.75) is 40.7 Å². The SMILES string of the molecule is Cc1c(N)cnc(NC2C(C)(C)C2(C)C)c1Br. The Morgan fingerprint density at radius 3 is 2.29 bits per heavy atom. The van der Waals surface area contributed by atoms with E-state index in [4.69, 9.17) is 5.73 Å². The monoisotopic (exact) mass is 297 g/mol. The molecule has 1 saturated carbocycles. The van der Waals surface area contributed by atoms with Crippen molar-refractivity contribution in [2.24, 2.45) is 10.8 Å². The summed E-state index contributed by atoms with van der Waals surface area (Å²) in [6, 6.07) is 0.446. The molecule has 1 aliphatic carbocycles. The maximum absolute atomic E-state index is 5.82. The van der Waals surface area contributed by atoms with Crippen LogP contribution in [0.2, 0.25) is 0 Å². The second-order valence-electron chi connectivity index (χ2n) is 6.02. The summed E-state index contributed by atoms with van der Waals surface area (Å²) in [6.07, 6.45) is 1.71. The van der Waals surface area contributed by atoms with E-state index in [1.54, 1.807) is 6.20 Å². The van der Waals surface area contributed by atoms with Gasteiger partial charge in [0.2, 0.25) is 0 Å². The standard InChI is InChI=1S/C13H20BrN3/c1-7-8(15)6-16-10(9(7)14)17-11-12(2,3)13(11,4)5/h6,11H,15H2,1-5H3,(H,16,17). The van der Waals surface area contributed by atoms with Crippen LogP contribution in [0, 0.1) is 17.8 Å². The highest BCUT2D eigenvalue weighted by Crippen LogP contribution is 2.63. The number of hydrogen-bond acceptors (Lipinski definition) is 3. The Kier molecular flexibility index (Phi) is 2.69. The summed E-state index contributed by atoms with van der Waals surface area (Å²) in [5, 5.41) is 3.52. The zero-order valence-corrected chi connectivity index (χ0v) is 12.6. The highest BCUT2D eigenvalue weighted by atomic mass is 79.9. The van der Waals surface area contributed by atoms with Gasteiger partial charge in [-0.1, -0.05) is 27.7 Å². The van der Waals surface area contributed by atoms with Gasteiger partial charge in [-0.05, 0) is 39.2 Å². The molecular formula is C13H20BrN3. The van der Waals surface area contributed by atoms with Crippen LogP contribution in [0.3, 0.4) is 0 Å². The molecule has 1 fully saturated rings. The van der Waals surface area contributed by atoms with Crippen molar-refractivity contribution in [1.29, 1.82) is 0 Å². The lowest BCUT2D eigenvalue weighted by Gasteiger charge is -2.12. The van der Waals surface area contributed by atoms with Crippen molar-refractivity contribution in [3.8, 4) is 0 Å². The summed E-state index contributed by atoms with van der Waals surface area (Å²) in [5.41, 5.74) is 8.17. The van der Waals surface area contributed by atoms with Gasteiger partial charge in [0.1, 0.15) is 5.82 Å². The average molecular weight is 298 g/mol. The van der Waals surface area contributed by atoms with Crippen molar-refractivity contribution in [1.82, 2.24) is 4.98 Å². The summed E-state index contributed by atoms with van der Waals surface area (Å²) in [4.78, 5) is 4.37. The molecule has 1 aromatic heterocycles. The molecule has 4 heteroatoms. The summed E-state index contributed by atoms with van der Waals surface area (Å²) in [5.74, 6) is 0.889. The second kappa shape index (κ2) is 3.61. The van der Waals surface area contributed by atoms with E-state index in [-0.39, 0.29) is 0 Å². The maximum Gasteiger partial charge on any atom is 0.140 e. The van der Waals surface area contributed by atoms with Gasteiger partial charge in [-0.2, -0.15) is 0 Å². The first kappa shape index (κ1) is 12.7. The van der Waals surface area contributed by atoms with Crippen LogP contribution in [-0.4, -0.2) is 11.0 Å². The van der Waals surface area contributed by atoms with Crippen molar-refractivity contribution in [2.75, 3.05) is 11.1 Å². The number of hydrogen-bond donors (Lipinski definition) is 2. The third-order valence-corrected chi connectivity index (χ3v) is 5.57. The van der Waals surface area contributed by atoms with Crippen LogP contribution in [0.1, 0.15) is 33.3 Å². The van der Waals surface area contributed by atoms with Crippen LogP contribution in [0.15, 0.2) is 10.7 Å². The number of aromatic nitrogens is 1. The zero-order chi connectivity index (χ0) is 13.0. The fourth-order valence-corrected chi connectivity index (χ4v) is 2.83. The molecule has 1 aromatic rings. The molecule has 0 spiro atoms. The number of nitrogens with one attached hydrogen (secondary N) is 1. The zero-order valence-electron chi connectivity index (χ0n) is 11.1. The molecule has 3 nitrogen and oxygen atoms in total. The Morgan fingerprint density at radius 1 is 1.29 bits per heavy atom. The van der Waals surface area contributed by atoms with Crippen LogP contribution >= 0.6 is 15.9 Å². The number of nitrogen functional groups attached to an aromatic ring is 1. The number of rotatable bonds is 2. The smallest absolute Gasteiger partial charge is 0.140 e. The van der Waals surface area contributed by atoms with Gasteiger partial charge in [0.15, 0.2) is 0 Å². The lowest BCUT2D eigenvalue weighted by Crippen LogP contribution is -2.12. The molecule has 0 unspecified atom stereocenters. The summed E-state index contributed by atoms with van der Waals surface area (Å²) in [6.45, 7) is 11.1. The number of nitrogens with zero attached hydrogens (tertiary/aromatic N) is 1. The van der Waals surface area contributed by atoms with E-state index < -0.39 is 0 Å². The minimum absolute atomic E-state index is 0.295. The Morgan fingerprint density at radius 2 is 1.82 bits per heavy atom. The lowest BCUT2D eigenvalue weighted by molar-refractivity contribution is 0.457. The average Bonchev–Trinajstić information content (AvgIpc) is 2.61. The predicted octanol–water partition coefficient (Wildman–Crippen LogP) is 3.58. The van der Waals surface area contributed by atoms with Crippen LogP contribution in [-0.2, 0) is 0 Å². The van der Waals surface area contributed by atoms with Gasteiger partial charge in [0.05, 0.1) is 16.4 Å². The van der Waals surface area contributed by atoms with Crippen LogP contribution in [0.25, 0.3) is 0 Å². The Labute approximate surface area is 111 Å². The number of nitrogens with two attached hydrogens (primary N) is 1. The van der Waals surface area contributed by atoms with E-state index in [9.17, 15) is 0 Å². The molecule has 0 radical (unpaired) electrons. The third kappa shape index (κ3) is 1.73. The van der Waals surface area contributed by atoms with Crippen molar-refractivity contribution in [3.05, 3.63) is 16.2 Å². The van der Waals surface area contributed by atoms with E-state index in [0.717, 1.165) is 21.5 Å². The van der Waals surface area contributed by atoms with Gasteiger partial charge in [0.25, 0.3) is 0 Å². The minimum Gasteiger partial charge on any atom is -0.397 e. The topological polar surface area (TPSA) is 50.9 Å². The van der Waals surface area contributed by atoms with Crippen molar-refractivity contribution in [3.63, 3.8) is 0 Å². The molecule has 0 bridgehead atoms. The quantitative estimate of drug-likeness (QED) is 0.877. The van der Waals surface area contributed by atoms with E-state index >= 15 is 0 Å². The van der Waals surface area contributed by atoms with E-state index in [2.05, 4.69) is 53.9 Å². The Hall–Kier alpha value is -0.770. The molecule has 0 aliphatic heterocycles. The van der Waals surface area contributed by atoms with Crippen LogP contribution in [0.4, 0.5) is 11.5 Å². The Balaban J connectivity index is 2.25. The van der Waals surface area contributed by atoms with Gasteiger partial charge in [-0.3, -0.25) is 0 Å². The maximum atomic E-state index is 5.82. The fraction of sp³-hybridized carbons (Fsp3) is 0.615. The van der Waals surface area contributed by atoms with Gasteiger partial charge in [-0.25, -0.2) is 4.98 Å². The van der Waals surface area contributed by atoms with Gasteiger partial charge < -0.3 is 11.1 Å². The summed E-state index contributed by atoms with van der Waals surface area (Å²) < 4.78 is 0.969. The molecule has 1 heterocycles. The van der Waals surface area contributed by atoms with Crippen molar-refractivity contribution < 1.29 is 0 Å². The molecule has 0 saturated heterocycles. The van der Waals surface area contributed by atoms with E-state index in [1.165, 1.54) is 0 Å². The molecule has 0 aromatic carbocycles. The largest absolute Gasteiger partial charge is 0.397 e.